The first-order valence-electron chi connectivity index (χ1n) is 5.84. The zero-order valence-corrected chi connectivity index (χ0v) is 10.5. The standard InChI is InChI=1S/C13H14F3NO3/c14-13(15,16)10-3-1-8(2-4-10)5-9(12(19)20)6-11(18)7-17/h1-4,9H,5-7,17H2,(H,19,20). The van der Waals surface area contributed by atoms with E-state index in [1.807, 2.05) is 0 Å². The monoisotopic (exact) mass is 289 g/mol. The topological polar surface area (TPSA) is 80.4 Å². The molecule has 7 heteroatoms. The number of carbonyl (C=O) groups excluding carboxylic acids is 1. The third-order valence-electron chi connectivity index (χ3n) is 2.81. The van der Waals surface area contributed by atoms with Gasteiger partial charge < -0.3 is 10.8 Å². The van der Waals surface area contributed by atoms with E-state index in [0.717, 1.165) is 12.1 Å². The van der Waals surface area contributed by atoms with Gasteiger partial charge in [-0.05, 0) is 24.1 Å². The number of nitrogens with two attached hydrogens (primary N) is 1. The third-order valence-corrected chi connectivity index (χ3v) is 2.81. The molecule has 4 nitrogen and oxygen atoms in total. The Bertz CT molecular complexity index is 483. The number of carboxylic acids is 1. The van der Waals surface area contributed by atoms with Gasteiger partial charge in [0.25, 0.3) is 0 Å². The van der Waals surface area contributed by atoms with E-state index < -0.39 is 29.4 Å². The molecule has 0 bridgehead atoms. The summed E-state index contributed by atoms with van der Waals surface area (Å²) in [6.45, 7) is -0.253. The van der Waals surface area contributed by atoms with Crippen LogP contribution in [0.15, 0.2) is 24.3 Å². The molecule has 0 heterocycles. The average molecular weight is 289 g/mol. The highest BCUT2D eigenvalue weighted by Crippen LogP contribution is 2.29. The summed E-state index contributed by atoms with van der Waals surface area (Å²) in [4.78, 5) is 22.2. The molecule has 1 aromatic rings. The summed E-state index contributed by atoms with van der Waals surface area (Å²) in [5.41, 5.74) is 4.74. The number of alkyl halides is 3. The second-order valence-electron chi connectivity index (χ2n) is 4.38. The Hall–Kier alpha value is -1.89. The van der Waals surface area contributed by atoms with E-state index in [2.05, 4.69) is 0 Å². The zero-order chi connectivity index (χ0) is 15.3. The number of rotatable bonds is 6. The molecule has 0 radical (unpaired) electrons. The van der Waals surface area contributed by atoms with E-state index in [1.54, 1.807) is 0 Å². The van der Waals surface area contributed by atoms with E-state index in [-0.39, 0.29) is 19.4 Å². The van der Waals surface area contributed by atoms with Crippen molar-refractivity contribution in [2.24, 2.45) is 11.7 Å². The summed E-state index contributed by atoms with van der Waals surface area (Å²) >= 11 is 0. The number of ketones is 1. The highest BCUT2D eigenvalue weighted by molar-refractivity contribution is 5.85. The molecular formula is C13H14F3NO3. The van der Waals surface area contributed by atoms with Gasteiger partial charge in [0.1, 0.15) is 5.78 Å². The van der Waals surface area contributed by atoms with Gasteiger partial charge in [-0.25, -0.2) is 0 Å². The van der Waals surface area contributed by atoms with Crippen LogP contribution in [0.25, 0.3) is 0 Å². The fraction of sp³-hybridized carbons (Fsp3) is 0.385. The molecule has 0 amide bonds. The predicted molar refractivity (Wildman–Crippen MR) is 65.0 cm³/mol. The number of aliphatic carboxylic acids is 1. The fourth-order valence-corrected chi connectivity index (χ4v) is 1.72. The van der Waals surface area contributed by atoms with Crippen molar-refractivity contribution >= 4 is 11.8 Å². The molecule has 0 saturated heterocycles. The molecule has 110 valence electrons. The Balaban J connectivity index is 2.79. The van der Waals surface area contributed by atoms with Crippen LogP contribution in [0.3, 0.4) is 0 Å². The first kappa shape index (κ1) is 16.2. The van der Waals surface area contributed by atoms with Crippen LogP contribution < -0.4 is 5.73 Å². The Labute approximate surface area is 113 Å². The van der Waals surface area contributed by atoms with Gasteiger partial charge in [-0.2, -0.15) is 13.2 Å². The van der Waals surface area contributed by atoms with Crippen LogP contribution in [0, 0.1) is 5.92 Å². The van der Waals surface area contributed by atoms with Crippen LogP contribution in [0.4, 0.5) is 13.2 Å². The highest BCUT2D eigenvalue weighted by atomic mass is 19.4. The lowest BCUT2D eigenvalue weighted by Crippen LogP contribution is -2.24. The summed E-state index contributed by atoms with van der Waals surface area (Å²) in [5, 5.41) is 8.99. The smallest absolute Gasteiger partial charge is 0.416 e. The first-order valence-corrected chi connectivity index (χ1v) is 5.84. The van der Waals surface area contributed by atoms with E-state index in [0.29, 0.717) is 5.56 Å². The lowest BCUT2D eigenvalue weighted by Gasteiger charge is -2.12. The minimum absolute atomic E-state index is 0.0147. The van der Waals surface area contributed by atoms with Crippen LogP contribution in [0.5, 0.6) is 0 Å². The quantitative estimate of drug-likeness (QED) is 0.837. The molecule has 1 unspecified atom stereocenters. The van der Waals surface area contributed by atoms with Gasteiger partial charge in [0, 0.05) is 6.42 Å². The lowest BCUT2D eigenvalue weighted by atomic mass is 9.94. The van der Waals surface area contributed by atoms with E-state index >= 15 is 0 Å². The van der Waals surface area contributed by atoms with Gasteiger partial charge in [-0.3, -0.25) is 9.59 Å². The summed E-state index contributed by atoms with van der Waals surface area (Å²) in [6.07, 6.45) is -4.67. The molecule has 0 aromatic heterocycles. The molecule has 0 aliphatic heterocycles. The van der Waals surface area contributed by atoms with E-state index in [4.69, 9.17) is 10.8 Å². The van der Waals surface area contributed by atoms with E-state index in [9.17, 15) is 22.8 Å². The van der Waals surface area contributed by atoms with Crippen molar-refractivity contribution in [3.8, 4) is 0 Å². The van der Waals surface area contributed by atoms with Gasteiger partial charge in [0.15, 0.2) is 0 Å². The second kappa shape index (κ2) is 6.51. The molecule has 1 rings (SSSR count). The molecular weight excluding hydrogens is 275 g/mol. The van der Waals surface area contributed by atoms with Gasteiger partial charge >= 0.3 is 12.1 Å². The number of carbonyl (C=O) groups is 2. The maximum atomic E-state index is 12.4. The van der Waals surface area contributed by atoms with Crippen molar-refractivity contribution in [2.45, 2.75) is 19.0 Å². The second-order valence-corrected chi connectivity index (χ2v) is 4.38. The first-order chi connectivity index (χ1) is 9.24. The van der Waals surface area contributed by atoms with Crippen LogP contribution in [0.2, 0.25) is 0 Å². The van der Waals surface area contributed by atoms with Crippen molar-refractivity contribution < 1.29 is 27.9 Å². The predicted octanol–water partition coefficient (Wildman–Crippen LogP) is 1.87. The van der Waals surface area contributed by atoms with Crippen molar-refractivity contribution in [1.82, 2.24) is 0 Å². The highest BCUT2D eigenvalue weighted by Gasteiger charge is 2.30. The van der Waals surface area contributed by atoms with Crippen molar-refractivity contribution in [3.63, 3.8) is 0 Å². The molecule has 0 aliphatic rings. The Morgan fingerprint density at radius 1 is 1.20 bits per heavy atom. The van der Waals surface area contributed by atoms with Crippen LogP contribution in [-0.4, -0.2) is 23.4 Å². The summed E-state index contributed by atoms with van der Waals surface area (Å²) in [6, 6.07) is 4.20. The van der Waals surface area contributed by atoms with Gasteiger partial charge in [0.2, 0.25) is 0 Å². The van der Waals surface area contributed by atoms with Gasteiger partial charge in [-0.1, -0.05) is 12.1 Å². The molecule has 1 atom stereocenters. The minimum Gasteiger partial charge on any atom is -0.481 e. The maximum Gasteiger partial charge on any atom is 0.416 e. The zero-order valence-electron chi connectivity index (χ0n) is 10.5. The summed E-state index contributed by atoms with van der Waals surface area (Å²) in [5.74, 6) is -2.56. The maximum absolute atomic E-state index is 12.4. The number of benzene rings is 1. The molecule has 0 saturated carbocycles. The average Bonchev–Trinajstić information content (AvgIpc) is 2.37. The lowest BCUT2D eigenvalue weighted by molar-refractivity contribution is -0.143. The fourth-order valence-electron chi connectivity index (χ4n) is 1.72. The van der Waals surface area contributed by atoms with Crippen LogP contribution in [0.1, 0.15) is 17.5 Å². The molecule has 3 N–H and O–H groups in total. The van der Waals surface area contributed by atoms with Gasteiger partial charge in [0.05, 0.1) is 18.0 Å². The Morgan fingerprint density at radius 3 is 2.15 bits per heavy atom. The van der Waals surface area contributed by atoms with Crippen LogP contribution in [-0.2, 0) is 22.2 Å². The normalized spacial score (nSPS) is 13.0. The number of hydrogen-bond acceptors (Lipinski definition) is 3. The number of hydrogen-bond donors (Lipinski definition) is 2. The minimum atomic E-state index is -4.43. The number of halogens is 3. The SMILES string of the molecule is NCC(=O)CC(Cc1ccc(C(F)(F)F)cc1)C(=O)O. The Morgan fingerprint density at radius 2 is 1.75 bits per heavy atom. The number of carboxylic acid groups (broad SMARTS) is 1. The van der Waals surface area contributed by atoms with Crippen LogP contribution >= 0.6 is 0 Å². The molecule has 20 heavy (non-hydrogen) atoms. The Kier molecular flexibility index (Phi) is 5.26. The number of Topliss-reactive ketones (excluding diaryl/α,β-unsaturated/α-hetero) is 1. The molecule has 0 spiro atoms. The van der Waals surface area contributed by atoms with Crippen molar-refractivity contribution in [1.29, 1.82) is 0 Å². The molecule has 1 aromatic carbocycles. The van der Waals surface area contributed by atoms with Crippen molar-refractivity contribution in [2.75, 3.05) is 6.54 Å². The molecule has 0 aliphatic carbocycles. The summed E-state index contributed by atoms with van der Waals surface area (Å²) in [7, 11) is 0. The van der Waals surface area contributed by atoms with Gasteiger partial charge in [-0.15, -0.1) is 0 Å². The van der Waals surface area contributed by atoms with Crippen molar-refractivity contribution in [3.05, 3.63) is 35.4 Å². The van der Waals surface area contributed by atoms with E-state index in [1.165, 1.54) is 12.1 Å². The molecule has 0 fully saturated rings. The largest absolute Gasteiger partial charge is 0.481 e. The third kappa shape index (κ3) is 4.65. The summed E-state index contributed by atoms with van der Waals surface area (Å²) < 4.78 is 37.1.